The monoisotopic (exact) mass is 376 g/mol. The summed E-state index contributed by atoms with van der Waals surface area (Å²) in [7, 11) is 0. The summed E-state index contributed by atoms with van der Waals surface area (Å²) in [5.74, 6) is -0.373. The first-order valence-electron chi connectivity index (χ1n) is 7.83. The number of benzene rings is 1. The molecule has 4 rings (SSSR count). The van der Waals surface area contributed by atoms with Crippen LogP contribution in [0.25, 0.3) is 22.5 Å². The summed E-state index contributed by atoms with van der Waals surface area (Å²) in [5.41, 5.74) is 2.96. The van der Waals surface area contributed by atoms with Crippen LogP contribution in [-0.2, 0) is 12.8 Å². The van der Waals surface area contributed by atoms with Crippen molar-refractivity contribution in [2.75, 3.05) is 0 Å². The highest BCUT2D eigenvalue weighted by Crippen LogP contribution is 2.31. The molecule has 0 unspecified atom stereocenters. The molecule has 0 atom stereocenters. The van der Waals surface area contributed by atoms with E-state index in [4.69, 9.17) is 0 Å². The first-order chi connectivity index (χ1) is 12.9. The van der Waals surface area contributed by atoms with Crippen LogP contribution in [-0.4, -0.2) is 29.5 Å². The summed E-state index contributed by atoms with van der Waals surface area (Å²) in [6, 6.07) is 5.82. The number of alkyl halides is 3. The second-order valence-electron chi connectivity index (χ2n) is 5.82. The van der Waals surface area contributed by atoms with Crippen LogP contribution in [0.3, 0.4) is 0 Å². The molecule has 1 N–H and O–H groups in total. The van der Waals surface area contributed by atoms with Gasteiger partial charge >= 0.3 is 6.30 Å². The number of hydrogen-bond acceptors (Lipinski definition) is 3. The third-order valence-corrected chi connectivity index (χ3v) is 3.98. The van der Waals surface area contributed by atoms with Crippen LogP contribution in [0.1, 0.15) is 5.56 Å². The molecule has 138 valence electrons. The molecule has 0 fully saturated rings. The Bertz CT molecular complexity index is 1040. The molecule has 3 aromatic heterocycles. The van der Waals surface area contributed by atoms with E-state index in [0.717, 1.165) is 12.4 Å². The standard InChI is InChI=1S/C17H12F4N6/c18-14-3-1-12(2-4-14)15-16(13-6-23-24-7-13)26(10-22-15)8-11-5-25-27(9-11)17(19,20)21/h1-7,9-10H,8H2,(H,23,24). The second kappa shape index (κ2) is 6.38. The lowest BCUT2D eigenvalue weighted by Gasteiger charge is -2.08. The molecule has 27 heavy (non-hydrogen) atoms. The summed E-state index contributed by atoms with van der Waals surface area (Å²) >= 11 is 0. The number of halogens is 4. The first-order valence-corrected chi connectivity index (χ1v) is 7.83. The Hall–Kier alpha value is -3.43. The summed E-state index contributed by atoms with van der Waals surface area (Å²) in [6.45, 7) is 0.130. The average Bonchev–Trinajstić information content (AvgIpc) is 3.35. The van der Waals surface area contributed by atoms with E-state index in [0.29, 0.717) is 28.1 Å². The first kappa shape index (κ1) is 17.0. The topological polar surface area (TPSA) is 64.3 Å². The van der Waals surface area contributed by atoms with Crippen molar-refractivity contribution in [3.63, 3.8) is 0 Å². The van der Waals surface area contributed by atoms with Gasteiger partial charge in [-0.1, -0.05) is 0 Å². The molecule has 0 aliphatic heterocycles. The Labute approximate surface area is 150 Å². The van der Waals surface area contributed by atoms with Gasteiger partial charge in [0.2, 0.25) is 0 Å². The average molecular weight is 376 g/mol. The van der Waals surface area contributed by atoms with Crippen LogP contribution >= 0.6 is 0 Å². The van der Waals surface area contributed by atoms with Gasteiger partial charge in [0.25, 0.3) is 0 Å². The van der Waals surface area contributed by atoms with E-state index in [-0.39, 0.29) is 17.0 Å². The zero-order chi connectivity index (χ0) is 19.0. The molecule has 4 aromatic rings. The number of nitrogens with one attached hydrogen (secondary N) is 1. The van der Waals surface area contributed by atoms with Crippen molar-refractivity contribution >= 4 is 0 Å². The highest BCUT2D eigenvalue weighted by molar-refractivity contribution is 5.78. The number of imidazole rings is 1. The highest BCUT2D eigenvalue weighted by Gasteiger charge is 2.31. The third-order valence-electron chi connectivity index (χ3n) is 3.98. The van der Waals surface area contributed by atoms with Crippen LogP contribution in [0.4, 0.5) is 17.6 Å². The molecule has 6 nitrogen and oxygen atoms in total. The summed E-state index contributed by atoms with van der Waals surface area (Å²) < 4.78 is 53.1. The van der Waals surface area contributed by atoms with E-state index in [9.17, 15) is 17.6 Å². The molecule has 0 aliphatic rings. The van der Waals surface area contributed by atoms with Crippen molar-refractivity contribution < 1.29 is 17.6 Å². The Balaban J connectivity index is 1.75. The van der Waals surface area contributed by atoms with Crippen LogP contribution in [0.2, 0.25) is 0 Å². The largest absolute Gasteiger partial charge is 0.504 e. The molecule has 0 amide bonds. The lowest BCUT2D eigenvalue weighted by atomic mass is 10.1. The summed E-state index contributed by atoms with van der Waals surface area (Å²) in [4.78, 5) is 4.37. The van der Waals surface area contributed by atoms with Crippen LogP contribution in [0.5, 0.6) is 0 Å². The fourth-order valence-electron chi connectivity index (χ4n) is 2.78. The summed E-state index contributed by atoms with van der Waals surface area (Å²) in [5, 5.41) is 9.97. The molecule has 10 heteroatoms. The van der Waals surface area contributed by atoms with Gasteiger partial charge in [0.05, 0.1) is 36.7 Å². The SMILES string of the molecule is Fc1ccc(-c2ncn(Cc3cnn(C(F)(F)F)c3)c2-c2cn[nH]c2)cc1. The molecule has 3 heterocycles. The van der Waals surface area contributed by atoms with Gasteiger partial charge in [-0.2, -0.15) is 14.9 Å². The number of nitrogens with zero attached hydrogens (tertiary/aromatic N) is 5. The quantitative estimate of drug-likeness (QED) is 0.551. The Morgan fingerprint density at radius 2 is 1.81 bits per heavy atom. The molecule has 1 aromatic carbocycles. The minimum absolute atomic E-state index is 0.0440. The van der Waals surface area contributed by atoms with Crippen LogP contribution in [0, 0.1) is 5.82 Å². The van der Waals surface area contributed by atoms with E-state index in [1.54, 1.807) is 29.1 Å². The molecule has 0 spiro atoms. The van der Waals surface area contributed by atoms with Gasteiger partial charge in [-0.15, -0.1) is 13.2 Å². The number of rotatable bonds is 4. The molecule has 0 saturated heterocycles. The molecule has 0 radical (unpaired) electrons. The van der Waals surface area contributed by atoms with Gasteiger partial charge in [-0.05, 0) is 24.3 Å². The second-order valence-corrected chi connectivity index (χ2v) is 5.82. The minimum Gasteiger partial charge on any atom is -0.325 e. The van der Waals surface area contributed by atoms with E-state index < -0.39 is 6.30 Å². The van der Waals surface area contributed by atoms with Gasteiger partial charge in [0.15, 0.2) is 0 Å². The summed E-state index contributed by atoms with van der Waals surface area (Å²) in [6.07, 6.45) is 2.27. The Kier molecular flexibility index (Phi) is 4.02. The highest BCUT2D eigenvalue weighted by atomic mass is 19.4. The minimum atomic E-state index is -4.57. The van der Waals surface area contributed by atoms with Crippen molar-refractivity contribution in [3.05, 3.63) is 66.8 Å². The predicted octanol–water partition coefficient (Wildman–Crippen LogP) is 3.80. The third kappa shape index (κ3) is 3.33. The zero-order valence-electron chi connectivity index (χ0n) is 13.7. The fourth-order valence-corrected chi connectivity index (χ4v) is 2.78. The number of aromatic amines is 1. The fraction of sp³-hybridized carbons (Fsp3) is 0.118. The van der Waals surface area contributed by atoms with Gasteiger partial charge in [0.1, 0.15) is 5.82 Å². The molecular weight excluding hydrogens is 364 g/mol. The lowest BCUT2D eigenvalue weighted by Crippen LogP contribution is -2.16. The van der Waals surface area contributed by atoms with Crippen molar-refractivity contribution in [3.8, 4) is 22.5 Å². The van der Waals surface area contributed by atoms with E-state index in [1.165, 1.54) is 18.5 Å². The van der Waals surface area contributed by atoms with Crippen molar-refractivity contribution in [2.45, 2.75) is 12.8 Å². The van der Waals surface area contributed by atoms with Crippen LogP contribution < -0.4 is 0 Å². The van der Waals surface area contributed by atoms with Gasteiger partial charge in [-0.3, -0.25) is 5.10 Å². The molecular formula is C17H12F4N6. The smallest absolute Gasteiger partial charge is 0.325 e. The molecule has 0 aliphatic carbocycles. The maximum Gasteiger partial charge on any atom is 0.504 e. The van der Waals surface area contributed by atoms with Crippen molar-refractivity contribution in [1.82, 2.24) is 29.5 Å². The maximum atomic E-state index is 13.2. The Morgan fingerprint density at radius 1 is 1.04 bits per heavy atom. The number of hydrogen-bond donors (Lipinski definition) is 1. The number of aromatic nitrogens is 6. The Morgan fingerprint density at radius 3 is 2.44 bits per heavy atom. The molecule has 0 saturated carbocycles. The lowest BCUT2D eigenvalue weighted by molar-refractivity contribution is -0.212. The molecule has 0 bridgehead atoms. The maximum absolute atomic E-state index is 13.2. The van der Waals surface area contributed by atoms with Gasteiger partial charge in [-0.25, -0.2) is 9.37 Å². The van der Waals surface area contributed by atoms with E-state index >= 15 is 0 Å². The van der Waals surface area contributed by atoms with E-state index in [1.807, 2.05) is 0 Å². The normalized spacial score (nSPS) is 11.9. The van der Waals surface area contributed by atoms with Crippen molar-refractivity contribution in [1.29, 1.82) is 0 Å². The zero-order valence-corrected chi connectivity index (χ0v) is 13.7. The van der Waals surface area contributed by atoms with E-state index in [2.05, 4.69) is 20.3 Å². The van der Waals surface area contributed by atoms with Crippen LogP contribution in [0.15, 0.2) is 55.4 Å². The predicted molar refractivity (Wildman–Crippen MR) is 87.8 cm³/mol. The van der Waals surface area contributed by atoms with Gasteiger partial charge in [0, 0.05) is 29.1 Å². The number of H-pyrrole nitrogens is 1. The van der Waals surface area contributed by atoms with Gasteiger partial charge < -0.3 is 4.57 Å². The van der Waals surface area contributed by atoms with Crippen molar-refractivity contribution in [2.24, 2.45) is 0 Å².